The minimum atomic E-state index is -0.586. The Morgan fingerprint density at radius 2 is 2.00 bits per heavy atom. The molecule has 0 aliphatic heterocycles. The largest absolute Gasteiger partial charge is 0.495 e. The first-order valence-corrected chi connectivity index (χ1v) is 8.12. The van der Waals surface area contributed by atoms with Crippen molar-refractivity contribution in [3.63, 3.8) is 0 Å². The monoisotopic (exact) mass is 386 g/mol. The van der Waals surface area contributed by atoms with E-state index in [0.717, 1.165) is 0 Å². The number of carbonyl (C=O) groups excluding carboxylic acids is 1. The highest BCUT2D eigenvalue weighted by Crippen LogP contribution is 2.25. The van der Waals surface area contributed by atoms with E-state index in [1.165, 1.54) is 18.3 Å². The van der Waals surface area contributed by atoms with Crippen molar-refractivity contribution in [3.05, 3.63) is 59.1 Å². The number of aromatic nitrogens is 4. The maximum absolute atomic E-state index is 12.0. The molecular formula is C17H15ClN6O3. The summed E-state index contributed by atoms with van der Waals surface area (Å²) in [6, 6.07) is 10.3. The maximum Gasteiger partial charge on any atom is 0.340 e. The Morgan fingerprint density at radius 1 is 1.19 bits per heavy atom. The Kier molecular flexibility index (Phi) is 5.62. The summed E-state index contributed by atoms with van der Waals surface area (Å²) in [6.45, 7) is -0.186. The van der Waals surface area contributed by atoms with Gasteiger partial charge in [0.15, 0.2) is 12.4 Å². The van der Waals surface area contributed by atoms with E-state index >= 15 is 0 Å². The first-order chi connectivity index (χ1) is 13.0. The molecule has 0 spiro atoms. The summed E-state index contributed by atoms with van der Waals surface area (Å²) in [4.78, 5) is 28.1. The van der Waals surface area contributed by atoms with E-state index in [1.807, 2.05) is 12.1 Å². The van der Waals surface area contributed by atoms with Gasteiger partial charge in [-0.05, 0) is 24.3 Å². The number of hydrogen-bond acceptors (Lipinski definition) is 9. The van der Waals surface area contributed by atoms with Crippen LogP contribution in [-0.2, 0) is 11.3 Å². The number of pyridine rings is 1. The number of nitrogens with two attached hydrogens (primary N) is 1. The van der Waals surface area contributed by atoms with Gasteiger partial charge in [0.1, 0.15) is 10.9 Å². The van der Waals surface area contributed by atoms with Crippen LogP contribution < -0.4 is 15.8 Å². The summed E-state index contributed by atoms with van der Waals surface area (Å²) in [6.07, 6.45) is 1.32. The summed E-state index contributed by atoms with van der Waals surface area (Å²) in [5.74, 6) is 0.403. The first kappa shape index (κ1) is 18.3. The van der Waals surface area contributed by atoms with Crippen molar-refractivity contribution in [3.8, 4) is 5.75 Å². The van der Waals surface area contributed by atoms with Crippen molar-refractivity contribution < 1.29 is 14.3 Å². The fraction of sp³-hybridized carbons (Fsp3) is 0.118. The Hall–Kier alpha value is -3.46. The van der Waals surface area contributed by atoms with Crippen LogP contribution in [-0.4, -0.2) is 33.0 Å². The summed E-state index contributed by atoms with van der Waals surface area (Å²) in [5, 5.41) is 3.28. The molecule has 0 radical (unpaired) electrons. The number of halogens is 1. The number of nitrogens with one attached hydrogen (secondary N) is 1. The van der Waals surface area contributed by atoms with E-state index < -0.39 is 5.97 Å². The van der Waals surface area contributed by atoms with Gasteiger partial charge in [0.2, 0.25) is 11.9 Å². The van der Waals surface area contributed by atoms with Crippen molar-refractivity contribution in [1.82, 2.24) is 19.9 Å². The lowest BCUT2D eigenvalue weighted by atomic mass is 10.3. The van der Waals surface area contributed by atoms with Crippen molar-refractivity contribution in [1.29, 1.82) is 0 Å². The SMILES string of the molecule is COc1ccccc1Nc1nc(N)nc(COC(=O)c2ccc(Cl)nc2)n1. The van der Waals surface area contributed by atoms with Crippen LogP contribution in [0.5, 0.6) is 5.75 Å². The molecule has 10 heteroatoms. The molecule has 9 nitrogen and oxygen atoms in total. The number of ether oxygens (including phenoxy) is 2. The zero-order chi connectivity index (χ0) is 19.2. The molecule has 0 saturated heterocycles. The average molecular weight is 387 g/mol. The predicted octanol–water partition coefficient (Wildman–Crippen LogP) is 2.61. The Morgan fingerprint density at radius 3 is 2.74 bits per heavy atom. The molecule has 0 amide bonds. The fourth-order valence-corrected chi connectivity index (χ4v) is 2.25. The summed E-state index contributed by atoms with van der Waals surface area (Å²) >= 11 is 5.69. The van der Waals surface area contributed by atoms with Crippen LogP contribution in [0.15, 0.2) is 42.6 Å². The molecule has 0 atom stereocenters. The molecular weight excluding hydrogens is 372 g/mol. The van der Waals surface area contributed by atoms with Gasteiger partial charge in [0.25, 0.3) is 0 Å². The third-order valence-corrected chi connectivity index (χ3v) is 3.57. The summed E-state index contributed by atoms with van der Waals surface area (Å²) < 4.78 is 10.4. The van der Waals surface area contributed by atoms with Crippen molar-refractivity contribution in [2.75, 3.05) is 18.2 Å². The molecule has 3 aromatic rings. The lowest BCUT2D eigenvalue weighted by Gasteiger charge is -2.10. The Balaban J connectivity index is 1.71. The topological polar surface area (TPSA) is 125 Å². The van der Waals surface area contributed by atoms with Crippen LogP contribution in [0.3, 0.4) is 0 Å². The van der Waals surface area contributed by atoms with Crippen molar-refractivity contribution >= 4 is 35.2 Å². The fourth-order valence-electron chi connectivity index (χ4n) is 2.14. The molecule has 0 fully saturated rings. The number of carbonyl (C=O) groups is 1. The van der Waals surface area contributed by atoms with Crippen LogP contribution >= 0.6 is 11.6 Å². The molecule has 0 aliphatic rings. The normalized spacial score (nSPS) is 10.3. The van der Waals surface area contributed by atoms with E-state index in [1.54, 1.807) is 19.2 Å². The molecule has 2 aromatic heterocycles. The van der Waals surface area contributed by atoms with E-state index in [4.69, 9.17) is 26.8 Å². The average Bonchev–Trinajstić information content (AvgIpc) is 2.67. The number of esters is 1. The summed E-state index contributed by atoms with van der Waals surface area (Å²) in [5.41, 5.74) is 6.63. The molecule has 138 valence electrons. The number of para-hydroxylation sites is 2. The number of benzene rings is 1. The van der Waals surface area contributed by atoms with E-state index in [0.29, 0.717) is 11.4 Å². The van der Waals surface area contributed by atoms with Gasteiger partial charge in [-0.3, -0.25) is 0 Å². The molecule has 2 heterocycles. The van der Waals surface area contributed by atoms with Crippen molar-refractivity contribution in [2.24, 2.45) is 0 Å². The van der Waals surface area contributed by atoms with Gasteiger partial charge in [0, 0.05) is 6.20 Å². The number of methoxy groups -OCH3 is 1. The lowest BCUT2D eigenvalue weighted by Crippen LogP contribution is -2.11. The second-order valence-corrected chi connectivity index (χ2v) is 5.59. The number of nitrogen functional groups attached to an aromatic ring is 1. The van der Waals surface area contributed by atoms with Crippen LogP contribution in [0.2, 0.25) is 5.15 Å². The number of rotatable bonds is 6. The van der Waals surface area contributed by atoms with Crippen molar-refractivity contribution in [2.45, 2.75) is 6.61 Å². The highest BCUT2D eigenvalue weighted by atomic mass is 35.5. The third kappa shape index (κ3) is 4.79. The first-order valence-electron chi connectivity index (χ1n) is 7.74. The van der Waals surface area contributed by atoms with Crippen LogP contribution in [0.25, 0.3) is 0 Å². The Bertz CT molecular complexity index is 952. The van der Waals surface area contributed by atoms with Gasteiger partial charge in [0.05, 0.1) is 18.4 Å². The smallest absolute Gasteiger partial charge is 0.340 e. The minimum absolute atomic E-state index is 0.0124. The van der Waals surface area contributed by atoms with Gasteiger partial charge in [-0.2, -0.15) is 15.0 Å². The molecule has 3 rings (SSSR count). The highest BCUT2D eigenvalue weighted by molar-refractivity contribution is 6.29. The van der Waals surface area contributed by atoms with E-state index in [-0.39, 0.29) is 35.0 Å². The van der Waals surface area contributed by atoms with Crippen LogP contribution in [0.4, 0.5) is 17.6 Å². The lowest BCUT2D eigenvalue weighted by molar-refractivity contribution is 0.0461. The molecule has 0 bridgehead atoms. The number of hydrogen-bond donors (Lipinski definition) is 2. The molecule has 27 heavy (non-hydrogen) atoms. The summed E-state index contributed by atoms with van der Waals surface area (Å²) in [7, 11) is 1.55. The van der Waals surface area contributed by atoms with E-state index in [9.17, 15) is 4.79 Å². The maximum atomic E-state index is 12.0. The Labute approximate surface area is 159 Å². The zero-order valence-electron chi connectivity index (χ0n) is 14.2. The van der Waals surface area contributed by atoms with Crippen LogP contribution in [0.1, 0.15) is 16.2 Å². The van der Waals surface area contributed by atoms with Gasteiger partial charge in [-0.1, -0.05) is 23.7 Å². The molecule has 3 N–H and O–H groups in total. The van der Waals surface area contributed by atoms with E-state index in [2.05, 4.69) is 25.3 Å². The second-order valence-electron chi connectivity index (χ2n) is 5.20. The number of nitrogens with zero attached hydrogens (tertiary/aromatic N) is 4. The molecule has 1 aromatic carbocycles. The van der Waals surface area contributed by atoms with Gasteiger partial charge in [-0.15, -0.1) is 0 Å². The molecule has 0 aliphatic carbocycles. The number of anilines is 3. The van der Waals surface area contributed by atoms with Gasteiger partial charge < -0.3 is 20.5 Å². The van der Waals surface area contributed by atoms with Gasteiger partial charge in [-0.25, -0.2) is 9.78 Å². The highest BCUT2D eigenvalue weighted by Gasteiger charge is 2.12. The third-order valence-electron chi connectivity index (χ3n) is 3.35. The molecule has 0 saturated carbocycles. The van der Waals surface area contributed by atoms with Crippen LogP contribution in [0, 0.1) is 0 Å². The minimum Gasteiger partial charge on any atom is -0.495 e. The quantitative estimate of drug-likeness (QED) is 0.485. The zero-order valence-corrected chi connectivity index (χ0v) is 15.0. The standard InChI is InChI=1S/C17H15ClN6O3/c1-26-12-5-3-2-4-11(12)21-17-23-14(22-16(19)24-17)9-27-15(25)10-6-7-13(18)20-8-10/h2-8H,9H2,1H3,(H3,19,21,22,23,24). The molecule has 0 unspecified atom stereocenters. The second kappa shape index (κ2) is 8.28. The van der Waals surface area contributed by atoms with Gasteiger partial charge >= 0.3 is 5.97 Å². The predicted molar refractivity (Wildman–Crippen MR) is 98.9 cm³/mol.